The normalized spacial score (nSPS) is 11.7. The van der Waals surface area contributed by atoms with Gasteiger partial charge in [-0.3, -0.25) is 4.79 Å². The number of carbonyl (C=O) groups is 2. The lowest BCUT2D eigenvalue weighted by atomic mass is 9.96. The first-order valence-corrected chi connectivity index (χ1v) is 11.4. The Hall–Kier alpha value is -3.44. The molecule has 2 N–H and O–H groups in total. The smallest absolute Gasteiger partial charge is 0.336 e. The molecule has 0 aliphatic heterocycles. The summed E-state index contributed by atoms with van der Waals surface area (Å²) in [6, 6.07) is 24.1. The zero-order chi connectivity index (χ0) is 23.6. The molecule has 0 saturated carbocycles. The Labute approximate surface area is 195 Å². The van der Waals surface area contributed by atoms with Crippen LogP contribution in [0.2, 0.25) is 0 Å². The maximum Gasteiger partial charge on any atom is 0.336 e. The van der Waals surface area contributed by atoms with Crippen molar-refractivity contribution in [2.24, 2.45) is 0 Å². The van der Waals surface area contributed by atoms with Crippen LogP contribution < -0.4 is 0 Å². The number of unbranched alkanes of at least 4 members (excludes halogenated alkanes) is 1. The first kappa shape index (κ1) is 24.2. The van der Waals surface area contributed by atoms with Crippen LogP contribution in [0.25, 0.3) is 11.1 Å². The largest absolute Gasteiger partial charge is 0.478 e. The summed E-state index contributed by atoms with van der Waals surface area (Å²) in [5, 5.41) is 20.0. The molecule has 33 heavy (non-hydrogen) atoms. The maximum atomic E-state index is 13.1. The average molecular weight is 446 g/mol. The Morgan fingerprint density at radius 1 is 0.909 bits per heavy atom. The van der Waals surface area contributed by atoms with E-state index in [2.05, 4.69) is 0 Å². The molecule has 0 radical (unpaired) electrons. The third-order valence-electron chi connectivity index (χ3n) is 5.78. The van der Waals surface area contributed by atoms with Crippen LogP contribution in [0.5, 0.6) is 0 Å². The maximum absolute atomic E-state index is 13.1. The van der Waals surface area contributed by atoms with Gasteiger partial charge in [0.05, 0.1) is 18.2 Å². The summed E-state index contributed by atoms with van der Waals surface area (Å²) < 4.78 is 0. The fraction of sp³-hybridized carbons (Fsp3) is 0.286. The molecule has 1 amide bonds. The highest BCUT2D eigenvalue weighted by molar-refractivity contribution is 5.96. The van der Waals surface area contributed by atoms with Crippen LogP contribution in [0.15, 0.2) is 78.9 Å². The number of rotatable bonds is 11. The molecule has 3 rings (SSSR count). The highest BCUT2D eigenvalue weighted by Gasteiger charge is 2.24. The van der Waals surface area contributed by atoms with Crippen molar-refractivity contribution in [1.82, 2.24) is 4.90 Å². The highest BCUT2D eigenvalue weighted by Crippen LogP contribution is 2.26. The number of carboxylic acid groups (broad SMARTS) is 1. The SMILES string of the molecule is CCCCC(=O)N(Cc1ccc(-c2ccccc2)c(C(=O)O)c1)C(CO)Cc1ccccc1. The second-order valence-corrected chi connectivity index (χ2v) is 8.20. The average Bonchev–Trinajstić information content (AvgIpc) is 2.85. The molecule has 3 aromatic rings. The number of aromatic carboxylic acids is 1. The molecule has 3 aromatic carbocycles. The Kier molecular flexibility index (Phi) is 8.79. The minimum absolute atomic E-state index is 0.0316. The van der Waals surface area contributed by atoms with E-state index in [4.69, 9.17) is 0 Å². The molecular formula is C28H31NO4. The molecule has 0 saturated heterocycles. The fourth-order valence-corrected chi connectivity index (χ4v) is 3.98. The van der Waals surface area contributed by atoms with Gasteiger partial charge in [-0.1, -0.05) is 86.1 Å². The molecule has 0 bridgehead atoms. The molecule has 1 atom stereocenters. The standard InChI is InChI=1S/C28H31NO4/c1-2-3-14-27(31)29(24(20-30)17-21-10-6-4-7-11-21)19-22-15-16-25(26(18-22)28(32)33)23-12-8-5-9-13-23/h4-13,15-16,18,24,30H,2-3,14,17,19-20H2,1H3,(H,32,33). The van der Waals surface area contributed by atoms with E-state index in [0.717, 1.165) is 29.5 Å². The van der Waals surface area contributed by atoms with Crippen LogP contribution >= 0.6 is 0 Å². The second-order valence-electron chi connectivity index (χ2n) is 8.20. The molecule has 0 fully saturated rings. The van der Waals surface area contributed by atoms with Crippen molar-refractivity contribution in [2.45, 2.75) is 45.2 Å². The molecule has 0 heterocycles. The van der Waals surface area contributed by atoms with Gasteiger partial charge in [0.1, 0.15) is 0 Å². The number of carboxylic acids is 1. The number of aliphatic hydroxyl groups is 1. The molecule has 5 nitrogen and oxygen atoms in total. The zero-order valence-electron chi connectivity index (χ0n) is 19.0. The van der Waals surface area contributed by atoms with Gasteiger partial charge in [0.15, 0.2) is 0 Å². The predicted octanol–water partition coefficient (Wildman–Crippen LogP) is 5.17. The molecule has 5 heteroatoms. The van der Waals surface area contributed by atoms with Gasteiger partial charge >= 0.3 is 5.97 Å². The first-order valence-electron chi connectivity index (χ1n) is 11.4. The van der Waals surface area contributed by atoms with E-state index in [1.54, 1.807) is 17.0 Å². The summed E-state index contributed by atoms with van der Waals surface area (Å²) in [4.78, 5) is 26.8. The lowest BCUT2D eigenvalue weighted by molar-refractivity contribution is -0.135. The van der Waals surface area contributed by atoms with Crippen molar-refractivity contribution in [2.75, 3.05) is 6.61 Å². The quantitative estimate of drug-likeness (QED) is 0.427. The molecule has 0 aliphatic rings. The Morgan fingerprint density at radius 2 is 1.58 bits per heavy atom. The topological polar surface area (TPSA) is 77.8 Å². The van der Waals surface area contributed by atoms with Gasteiger partial charge in [-0.2, -0.15) is 0 Å². The highest BCUT2D eigenvalue weighted by atomic mass is 16.4. The third kappa shape index (κ3) is 6.53. The van der Waals surface area contributed by atoms with Crippen LogP contribution in [0.1, 0.15) is 47.7 Å². The number of benzene rings is 3. The van der Waals surface area contributed by atoms with E-state index in [9.17, 15) is 19.8 Å². The summed E-state index contributed by atoms with van der Waals surface area (Å²) in [6.45, 7) is 2.11. The third-order valence-corrected chi connectivity index (χ3v) is 5.78. The lowest BCUT2D eigenvalue weighted by Crippen LogP contribution is -2.43. The zero-order valence-corrected chi connectivity index (χ0v) is 19.0. The molecule has 0 spiro atoms. The van der Waals surface area contributed by atoms with Crippen molar-refractivity contribution in [3.05, 3.63) is 95.6 Å². The summed E-state index contributed by atoms with van der Waals surface area (Å²) in [6.07, 6.45) is 2.60. The Balaban J connectivity index is 1.92. The van der Waals surface area contributed by atoms with E-state index in [-0.39, 0.29) is 30.7 Å². The number of carbonyl (C=O) groups excluding carboxylic acids is 1. The molecule has 0 aliphatic carbocycles. The van der Waals surface area contributed by atoms with Crippen LogP contribution in [0.4, 0.5) is 0 Å². The van der Waals surface area contributed by atoms with Gasteiger partial charge in [-0.05, 0) is 41.2 Å². The fourth-order valence-electron chi connectivity index (χ4n) is 3.98. The van der Waals surface area contributed by atoms with Gasteiger partial charge in [0, 0.05) is 13.0 Å². The second kappa shape index (κ2) is 12.0. The molecule has 0 aromatic heterocycles. The van der Waals surface area contributed by atoms with Gasteiger partial charge in [-0.25, -0.2) is 4.79 Å². The van der Waals surface area contributed by atoms with Crippen molar-refractivity contribution in [3.8, 4) is 11.1 Å². The van der Waals surface area contributed by atoms with Crippen LogP contribution in [-0.2, 0) is 17.8 Å². The van der Waals surface area contributed by atoms with E-state index in [1.165, 1.54) is 0 Å². The monoisotopic (exact) mass is 445 g/mol. The Morgan fingerprint density at radius 3 is 2.18 bits per heavy atom. The van der Waals surface area contributed by atoms with Gasteiger partial charge < -0.3 is 15.1 Å². The summed E-state index contributed by atoms with van der Waals surface area (Å²) in [7, 11) is 0. The van der Waals surface area contributed by atoms with Crippen molar-refractivity contribution < 1.29 is 19.8 Å². The van der Waals surface area contributed by atoms with E-state index in [0.29, 0.717) is 18.4 Å². The Bertz CT molecular complexity index is 1050. The van der Waals surface area contributed by atoms with Crippen molar-refractivity contribution in [1.29, 1.82) is 0 Å². The van der Waals surface area contributed by atoms with Gasteiger partial charge in [0.2, 0.25) is 5.91 Å². The minimum atomic E-state index is -1.01. The number of hydrogen-bond donors (Lipinski definition) is 2. The lowest BCUT2D eigenvalue weighted by Gasteiger charge is -2.31. The number of amides is 1. The summed E-state index contributed by atoms with van der Waals surface area (Å²) >= 11 is 0. The van der Waals surface area contributed by atoms with E-state index in [1.807, 2.05) is 73.7 Å². The number of aliphatic hydroxyl groups excluding tert-OH is 1. The van der Waals surface area contributed by atoms with Gasteiger partial charge in [-0.15, -0.1) is 0 Å². The van der Waals surface area contributed by atoms with Crippen molar-refractivity contribution >= 4 is 11.9 Å². The molecular weight excluding hydrogens is 414 g/mol. The van der Waals surface area contributed by atoms with Crippen LogP contribution in [0, 0.1) is 0 Å². The number of nitrogens with zero attached hydrogens (tertiary/aromatic N) is 1. The summed E-state index contributed by atoms with van der Waals surface area (Å²) in [5.74, 6) is -1.04. The van der Waals surface area contributed by atoms with Crippen LogP contribution in [-0.4, -0.2) is 39.6 Å². The van der Waals surface area contributed by atoms with E-state index < -0.39 is 5.97 Å². The van der Waals surface area contributed by atoms with E-state index >= 15 is 0 Å². The van der Waals surface area contributed by atoms with Gasteiger partial charge in [0.25, 0.3) is 0 Å². The van der Waals surface area contributed by atoms with Crippen LogP contribution in [0.3, 0.4) is 0 Å². The molecule has 1 unspecified atom stereocenters. The molecule has 172 valence electrons. The number of hydrogen-bond acceptors (Lipinski definition) is 3. The van der Waals surface area contributed by atoms with Crippen molar-refractivity contribution in [3.63, 3.8) is 0 Å². The minimum Gasteiger partial charge on any atom is -0.478 e. The first-order chi connectivity index (χ1) is 16.0. The predicted molar refractivity (Wildman–Crippen MR) is 130 cm³/mol. The summed E-state index contributed by atoms with van der Waals surface area (Å²) in [5.41, 5.74) is 3.43.